The Kier molecular flexibility index (Phi) is 10.7. The predicted octanol–water partition coefficient (Wildman–Crippen LogP) is 3.37. The second kappa shape index (κ2) is 15.2. The summed E-state index contributed by atoms with van der Waals surface area (Å²) in [5, 5.41) is 21.2. The molecule has 0 saturated carbocycles. The van der Waals surface area contributed by atoms with Gasteiger partial charge >= 0.3 is 0 Å². The van der Waals surface area contributed by atoms with E-state index in [1.54, 1.807) is 24.3 Å². The van der Waals surface area contributed by atoms with E-state index in [1.165, 1.54) is 16.9 Å². The number of piperazine rings is 1. The Labute approximate surface area is 262 Å². The van der Waals surface area contributed by atoms with Crippen LogP contribution in [0.5, 0.6) is 0 Å². The monoisotopic (exact) mass is 613 g/mol. The van der Waals surface area contributed by atoms with Crippen LogP contribution in [0.3, 0.4) is 0 Å². The maximum Gasteiger partial charge on any atom is 0.236 e. The number of hydrogen-bond donors (Lipinski definition) is 1. The largest absolute Gasteiger partial charge is 0.491 e. The molecule has 12 nitrogen and oxygen atoms in total. The highest BCUT2D eigenvalue weighted by Gasteiger charge is 2.33. The summed E-state index contributed by atoms with van der Waals surface area (Å²) in [4.78, 5) is 31.1. The fourth-order valence-corrected chi connectivity index (χ4v) is 5.36. The summed E-state index contributed by atoms with van der Waals surface area (Å²) in [6, 6.07) is 12.5. The third-order valence-corrected chi connectivity index (χ3v) is 7.97. The number of hydrogen-bond acceptors (Lipinski definition) is 11. The first-order valence-corrected chi connectivity index (χ1v) is 14.9. The number of carbonyl (C=O) groups is 1. The lowest BCUT2D eigenvalue weighted by molar-refractivity contribution is -0.134. The number of piperidine rings is 1. The van der Waals surface area contributed by atoms with Crippen LogP contribution in [0.15, 0.2) is 60.7 Å². The highest BCUT2D eigenvalue weighted by molar-refractivity contribution is 5.78. The van der Waals surface area contributed by atoms with Crippen LogP contribution in [-0.4, -0.2) is 101 Å². The molecule has 5 rings (SSSR count). The molecule has 0 aliphatic carbocycles. The fourth-order valence-electron chi connectivity index (χ4n) is 5.36. The van der Waals surface area contributed by atoms with E-state index in [-0.39, 0.29) is 37.9 Å². The predicted molar refractivity (Wildman–Crippen MR) is 166 cm³/mol. The summed E-state index contributed by atoms with van der Waals surface area (Å²) in [5.41, 5.74) is 2.28. The third kappa shape index (κ3) is 8.62. The lowest BCUT2D eigenvalue weighted by atomic mass is 10.0. The molecule has 3 aliphatic rings. The smallest absolute Gasteiger partial charge is 0.236 e. The summed E-state index contributed by atoms with van der Waals surface area (Å²) in [5.74, 6) is 0.724. The fraction of sp³-hybridized carbons (Fsp3) is 0.438. The minimum absolute atomic E-state index is 0.103. The standard InChI is InChI=1S/C32H36FN9O3/c1-23(18-35)17-27(45-29-10-12-42(19-28(29)33)31(43)9-11-34)3-2-4-30-36-22-37-32(39-30)38-24-5-7-25(8-6-24)40-13-15-41(16-14-40)26-20-44-21-26/h2-8,22,26,28-29H,1,9-10,12-17,19-21H2,(H,36,37,38,39)/b4-2+,27-3+. The number of anilines is 3. The minimum atomic E-state index is -1.44. The van der Waals surface area contributed by atoms with Crippen molar-refractivity contribution in [1.82, 2.24) is 24.8 Å². The normalized spacial score (nSPS) is 21.1. The van der Waals surface area contributed by atoms with E-state index in [1.807, 2.05) is 18.2 Å². The maximum absolute atomic E-state index is 14.9. The average molecular weight is 614 g/mol. The van der Waals surface area contributed by atoms with Gasteiger partial charge in [0, 0.05) is 62.5 Å². The molecular weight excluding hydrogens is 577 g/mol. The van der Waals surface area contributed by atoms with E-state index in [0.717, 1.165) is 45.1 Å². The van der Waals surface area contributed by atoms with Crippen molar-refractivity contribution in [1.29, 1.82) is 10.5 Å². The molecule has 0 radical (unpaired) electrons. The molecule has 1 aromatic carbocycles. The molecule has 234 valence electrons. The Hall–Kier alpha value is -4.85. The molecule has 3 aliphatic heterocycles. The highest BCUT2D eigenvalue weighted by atomic mass is 19.1. The first-order chi connectivity index (χ1) is 21.9. The van der Waals surface area contributed by atoms with Crippen LogP contribution in [0, 0.1) is 22.7 Å². The average Bonchev–Trinajstić information content (AvgIpc) is 3.02. The number of amides is 1. The number of rotatable bonds is 11. The topological polar surface area (TPSA) is 144 Å². The first kappa shape index (κ1) is 31.6. The summed E-state index contributed by atoms with van der Waals surface area (Å²) in [6.45, 7) is 9.57. The van der Waals surface area contributed by atoms with E-state index in [0.29, 0.717) is 23.6 Å². The van der Waals surface area contributed by atoms with Gasteiger partial charge in [-0.2, -0.15) is 15.5 Å². The van der Waals surface area contributed by atoms with Gasteiger partial charge < -0.3 is 24.6 Å². The van der Waals surface area contributed by atoms with Crippen molar-refractivity contribution < 1.29 is 18.7 Å². The number of likely N-dealkylation sites (tertiary alicyclic amines) is 1. The van der Waals surface area contributed by atoms with Crippen molar-refractivity contribution >= 4 is 29.3 Å². The van der Waals surface area contributed by atoms with Gasteiger partial charge in [0.25, 0.3) is 0 Å². The van der Waals surface area contributed by atoms with E-state index in [9.17, 15) is 14.4 Å². The highest BCUT2D eigenvalue weighted by Crippen LogP contribution is 2.24. The number of allylic oxidation sites excluding steroid dienone is 3. The van der Waals surface area contributed by atoms with E-state index >= 15 is 0 Å². The van der Waals surface area contributed by atoms with E-state index in [4.69, 9.17) is 14.7 Å². The number of nitrogens with zero attached hydrogens (tertiary/aromatic N) is 8. The van der Waals surface area contributed by atoms with Gasteiger partial charge in [0.15, 0.2) is 12.0 Å². The van der Waals surface area contributed by atoms with Gasteiger partial charge in [-0.25, -0.2) is 14.4 Å². The number of aromatic nitrogens is 3. The van der Waals surface area contributed by atoms with Gasteiger partial charge in [-0.05, 0) is 36.4 Å². The first-order valence-electron chi connectivity index (χ1n) is 14.9. The van der Waals surface area contributed by atoms with Gasteiger partial charge in [-0.1, -0.05) is 12.7 Å². The van der Waals surface area contributed by atoms with Crippen LogP contribution >= 0.6 is 0 Å². The van der Waals surface area contributed by atoms with Crippen LogP contribution in [0.1, 0.15) is 25.1 Å². The van der Waals surface area contributed by atoms with Gasteiger partial charge in [-0.3, -0.25) is 9.69 Å². The Morgan fingerprint density at radius 3 is 2.60 bits per heavy atom. The van der Waals surface area contributed by atoms with Gasteiger partial charge in [0.2, 0.25) is 11.9 Å². The zero-order valence-corrected chi connectivity index (χ0v) is 25.0. The van der Waals surface area contributed by atoms with Crippen LogP contribution in [0.2, 0.25) is 0 Å². The third-order valence-electron chi connectivity index (χ3n) is 7.97. The number of alkyl halides is 1. The van der Waals surface area contributed by atoms with E-state index < -0.39 is 18.2 Å². The Morgan fingerprint density at radius 2 is 1.93 bits per heavy atom. The molecule has 2 atom stereocenters. The molecule has 2 aromatic rings. The molecule has 3 saturated heterocycles. The molecule has 0 spiro atoms. The molecule has 1 aromatic heterocycles. The molecule has 1 N–H and O–H groups in total. The summed E-state index contributed by atoms with van der Waals surface area (Å²) in [6.07, 6.45) is 4.18. The quantitative estimate of drug-likeness (QED) is 0.226. The molecule has 1 amide bonds. The number of carbonyl (C=O) groups excluding carboxylic acids is 1. The number of halogens is 1. The second-order valence-electron chi connectivity index (χ2n) is 11.1. The number of ether oxygens (including phenoxy) is 2. The van der Waals surface area contributed by atoms with Gasteiger partial charge in [0.05, 0.1) is 37.9 Å². The van der Waals surface area contributed by atoms with Crippen LogP contribution in [-0.2, 0) is 14.3 Å². The van der Waals surface area contributed by atoms with Crippen molar-refractivity contribution in [2.45, 2.75) is 37.6 Å². The Morgan fingerprint density at radius 1 is 1.16 bits per heavy atom. The molecule has 13 heteroatoms. The second-order valence-corrected chi connectivity index (χ2v) is 11.1. The summed E-state index contributed by atoms with van der Waals surface area (Å²) >= 11 is 0. The lowest BCUT2D eigenvalue weighted by Crippen LogP contribution is -2.56. The van der Waals surface area contributed by atoms with Crippen molar-refractivity contribution in [3.8, 4) is 12.1 Å². The summed E-state index contributed by atoms with van der Waals surface area (Å²) < 4.78 is 26.1. The summed E-state index contributed by atoms with van der Waals surface area (Å²) in [7, 11) is 0. The van der Waals surface area contributed by atoms with Crippen LogP contribution < -0.4 is 10.2 Å². The van der Waals surface area contributed by atoms with E-state index in [2.05, 4.69) is 48.8 Å². The number of nitrogens with one attached hydrogen (secondary N) is 1. The molecule has 0 bridgehead atoms. The van der Waals surface area contributed by atoms with Crippen LogP contribution in [0.4, 0.5) is 21.7 Å². The molecule has 4 heterocycles. The maximum atomic E-state index is 14.9. The number of benzene rings is 1. The molecule has 2 unspecified atom stereocenters. The molecular formula is C32H36FN9O3. The SMILES string of the molecule is C=C(C#N)C/C(=C\C=C\c1ncnc(Nc2ccc(N3CCN(C4COC4)CC3)cc2)n1)OC1CCN(C(=O)CC#N)CC1F. The lowest BCUT2D eigenvalue weighted by Gasteiger charge is -2.43. The van der Waals surface area contributed by atoms with Gasteiger partial charge in [-0.15, -0.1) is 0 Å². The van der Waals surface area contributed by atoms with Crippen molar-refractivity contribution in [2.75, 3.05) is 62.7 Å². The Bertz CT molecular complexity index is 1490. The van der Waals surface area contributed by atoms with Crippen molar-refractivity contribution in [2.24, 2.45) is 0 Å². The zero-order valence-electron chi connectivity index (χ0n) is 25.0. The van der Waals surface area contributed by atoms with Crippen molar-refractivity contribution in [3.05, 3.63) is 66.5 Å². The molecule has 3 fully saturated rings. The van der Waals surface area contributed by atoms with Gasteiger partial charge in [0.1, 0.15) is 24.6 Å². The number of nitriles is 2. The van der Waals surface area contributed by atoms with Crippen molar-refractivity contribution in [3.63, 3.8) is 0 Å². The van der Waals surface area contributed by atoms with Crippen LogP contribution in [0.25, 0.3) is 6.08 Å². The minimum Gasteiger partial charge on any atom is -0.491 e. The molecule has 45 heavy (non-hydrogen) atoms. The zero-order chi connectivity index (χ0) is 31.6. The Balaban J connectivity index is 1.16.